The maximum atomic E-state index is 12.3. The zero-order valence-corrected chi connectivity index (χ0v) is 19.0. The van der Waals surface area contributed by atoms with Gasteiger partial charge in [-0.1, -0.05) is 35.5 Å². The van der Waals surface area contributed by atoms with E-state index in [1.54, 1.807) is 36.7 Å². The van der Waals surface area contributed by atoms with Gasteiger partial charge in [-0.3, -0.25) is 24.5 Å². The van der Waals surface area contributed by atoms with Crippen molar-refractivity contribution < 1.29 is 9.72 Å². The normalized spacial score (nSPS) is 11.0. The fourth-order valence-corrected chi connectivity index (χ4v) is 3.80. The number of nitrogens with zero attached hydrogens (tertiary/aromatic N) is 6. The van der Waals surface area contributed by atoms with E-state index in [-0.39, 0.29) is 17.3 Å². The lowest BCUT2D eigenvalue weighted by Crippen LogP contribution is -2.20. The molecule has 4 aromatic rings. The molecule has 2 aromatic heterocycles. The van der Waals surface area contributed by atoms with Gasteiger partial charge in [0.1, 0.15) is 0 Å². The molecule has 2 heterocycles. The zero-order chi connectivity index (χ0) is 23.9. The smallest absolute Gasteiger partial charge is 0.270 e. The summed E-state index contributed by atoms with van der Waals surface area (Å²) < 4.78 is 1.83. The van der Waals surface area contributed by atoms with Gasteiger partial charge in [-0.25, -0.2) is 5.43 Å². The minimum absolute atomic E-state index is 0.0222. The van der Waals surface area contributed by atoms with Crippen molar-refractivity contribution in [2.45, 2.75) is 5.16 Å². The molecule has 12 heteroatoms. The fourth-order valence-electron chi connectivity index (χ4n) is 2.93. The van der Waals surface area contributed by atoms with Gasteiger partial charge < -0.3 is 0 Å². The topological polar surface area (TPSA) is 128 Å². The van der Waals surface area contributed by atoms with E-state index in [1.165, 1.54) is 30.1 Å². The van der Waals surface area contributed by atoms with Crippen molar-refractivity contribution >= 4 is 41.2 Å². The molecule has 2 aromatic carbocycles. The largest absolute Gasteiger partial charge is 0.272 e. The van der Waals surface area contributed by atoms with Crippen LogP contribution in [-0.4, -0.2) is 42.5 Å². The molecule has 0 spiro atoms. The Labute approximate surface area is 202 Å². The number of non-ortho nitro benzene ring substituents is 1. The van der Waals surface area contributed by atoms with E-state index < -0.39 is 4.92 Å². The highest BCUT2D eigenvalue weighted by Crippen LogP contribution is 2.28. The number of aromatic nitrogens is 4. The monoisotopic (exact) mass is 493 g/mol. The third-order valence-electron chi connectivity index (χ3n) is 4.47. The van der Waals surface area contributed by atoms with Gasteiger partial charge in [0.05, 0.1) is 16.9 Å². The average molecular weight is 494 g/mol. The third-order valence-corrected chi connectivity index (χ3v) is 5.65. The molecule has 0 saturated carbocycles. The SMILES string of the molecule is O=C(CSc1nnc(-c2ccncc2)n1-c1ccc(Cl)cc1)NN=Cc1cccc([N+](=O)[O-])c1. The number of carbonyl (C=O) groups excluding carboxylic acids is 1. The van der Waals surface area contributed by atoms with Crippen molar-refractivity contribution in [1.29, 1.82) is 0 Å². The van der Waals surface area contributed by atoms with Crippen LogP contribution in [-0.2, 0) is 4.79 Å². The zero-order valence-electron chi connectivity index (χ0n) is 17.4. The Morgan fingerprint density at radius 1 is 1.15 bits per heavy atom. The van der Waals surface area contributed by atoms with Crippen LogP contribution < -0.4 is 5.43 Å². The summed E-state index contributed by atoms with van der Waals surface area (Å²) in [5.41, 5.74) is 4.45. The van der Waals surface area contributed by atoms with Gasteiger partial charge in [-0.2, -0.15) is 5.10 Å². The van der Waals surface area contributed by atoms with Crippen molar-refractivity contribution in [2.75, 3.05) is 5.75 Å². The molecule has 0 bridgehead atoms. The van der Waals surface area contributed by atoms with E-state index in [0.29, 0.717) is 21.6 Å². The predicted octanol–water partition coefficient (Wildman–Crippen LogP) is 4.13. The summed E-state index contributed by atoms with van der Waals surface area (Å²) in [6, 6.07) is 16.8. The number of nitro groups is 1. The number of rotatable bonds is 8. The summed E-state index contributed by atoms with van der Waals surface area (Å²) >= 11 is 7.22. The number of benzene rings is 2. The first-order valence-corrected chi connectivity index (χ1v) is 11.2. The molecule has 0 aliphatic heterocycles. The number of hydrazone groups is 1. The molecule has 0 aliphatic rings. The van der Waals surface area contributed by atoms with Gasteiger partial charge in [0.25, 0.3) is 11.6 Å². The molecular formula is C22H16ClN7O3S. The Morgan fingerprint density at radius 2 is 1.91 bits per heavy atom. The number of nitrogens with one attached hydrogen (secondary N) is 1. The Bertz CT molecular complexity index is 1340. The summed E-state index contributed by atoms with van der Waals surface area (Å²) in [5.74, 6) is 0.244. The summed E-state index contributed by atoms with van der Waals surface area (Å²) in [4.78, 5) is 26.7. The van der Waals surface area contributed by atoms with Crippen LogP contribution in [0.1, 0.15) is 5.56 Å². The standard InChI is InChI=1S/C22H16ClN7O3S/c23-17-4-6-18(7-5-17)29-21(16-8-10-24-11-9-16)27-28-22(29)34-14-20(31)26-25-13-15-2-1-3-19(12-15)30(32)33/h1-13H,14H2,(H,26,31). The van der Waals surface area contributed by atoms with Gasteiger partial charge in [-0.15, -0.1) is 10.2 Å². The van der Waals surface area contributed by atoms with Gasteiger partial charge in [0.2, 0.25) is 0 Å². The lowest BCUT2D eigenvalue weighted by molar-refractivity contribution is -0.384. The van der Waals surface area contributed by atoms with Crippen LogP contribution in [0.2, 0.25) is 5.02 Å². The average Bonchev–Trinajstić information content (AvgIpc) is 3.28. The molecule has 4 rings (SSSR count). The molecule has 0 atom stereocenters. The van der Waals surface area contributed by atoms with Crippen LogP contribution >= 0.6 is 23.4 Å². The van der Waals surface area contributed by atoms with E-state index >= 15 is 0 Å². The second-order valence-corrected chi connectivity index (χ2v) is 8.17. The summed E-state index contributed by atoms with van der Waals surface area (Å²) in [5, 5.41) is 24.4. The maximum absolute atomic E-state index is 12.3. The molecule has 0 saturated heterocycles. The lowest BCUT2D eigenvalue weighted by atomic mass is 10.2. The quantitative estimate of drug-likeness (QED) is 0.169. The van der Waals surface area contributed by atoms with Gasteiger partial charge >= 0.3 is 0 Å². The van der Waals surface area contributed by atoms with Crippen molar-refractivity contribution in [3.8, 4) is 17.1 Å². The second kappa shape index (κ2) is 10.7. The highest BCUT2D eigenvalue weighted by molar-refractivity contribution is 7.99. The molecule has 0 aliphatic carbocycles. The highest BCUT2D eigenvalue weighted by atomic mass is 35.5. The van der Waals surface area contributed by atoms with Crippen LogP contribution in [0.3, 0.4) is 0 Å². The first-order valence-electron chi connectivity index (χ1n) is 9.82. The Hall–Kier alpha value is -4.09. The number of hydrogen-bond acceptors (Lipinski definition) is 8. The summed E-state index contributed by atoms with van der Waals surface area (Å²) in [6.45, 7) is 0. The van der Waals surface area contributed by atoms with Gasteiger partial charge in [-0.05, 0) is 36.4 Å². The maximum Gasteiger partial charge on any atom is 0.270 e. The minimum atomic E-state index is -0.496. The van der Waals surface area contributed by atoms with Crippen LogP contribution in [0.4, 0.5) is 5.69 Å². The molecule has 34 heavy (non-hydrogen) atoms. The third kappa shape index (κ3) is 5.63. The first kappa shape index (κ1) is 23.1. The van der Waals surface area contributed by atoms with E-state index in [1.807, 2.05) is 28.8 Å². The number of nitro benzene ring substituents is 1. The molecule has 0 unspecified atom stereocenters. The number of carbonyl (C=O) groups is 1. The fraction of sp³-hybridized carbons (Fsp3) is 0.0455. The lowest BCUT2D eigenvalue weighted by Gasteiger charge is -2.10. The molecule has 170 valence electrons. The number of hydrogen-bond donors (Lipinski definition) is 1. The van der Waals surface area contributed by atoms with Crippen molar-refractivity contribution in [2.24, 2.45) is 5.10 Å². The molecule has 1 amide bonds. The first-order chi connectivity index (χ1) is 16.5. The number of amides is 1. The summed E-state index contributed by atoms with van der Waals surface area (Å²) in [7, 11) is 0. The predicted molar refractivity (Wildman–Crippen MR) is 129 cm³/mol. The highest BCUT2D eigenvalue weighted by Gasteiger charge is 2.17. The van der Waals surface area contributed by atoms with Gasteiger partial charge in [0.15, 0.2) is 11.0 Å². The van der Waals surface area contributed by atoms with Crippen LogP contribution in [0.15, 0.2) is 83.3 Å². The molecule has 0 radical (unpaired) electrons. The molecule has 1 N–H and O–H groups in total. The van der Waals surface area contributed by atoms with Gasteiger partial charge in [0, 0.05) is 46.4 Å². The van der Waals surface area contributed by atoms with E-state index in [2.05, 4.69) is 25.7 Å². The van der Waals surface area contributed by atoms with Crippen molar-refractivity contribution in [3.05, 3.63) is 93.8 Å². The number of pyridine rings is 1. The van der Waals surface area contributed by atoms with E-state index in [9.17, 15) is 14.9 Å². The molecule has 0 fully saturated rings. The second-order valence-electron chi connectivity index (χ2n) is 6.79. The Kier molecular flexibility index (Phi) is 7.25. The van der Waals surface area contributed by atoms with E-state index in [4.69, 9.17) is 11.6 Å². The van der Waals surface area contributed by atoms with Crippen LogP contribution in [0, 0.1) is 10.1 Å². The minimum Gasteiger partial charge on any atom is -0.272 e. The molecule has 10 nitrogen and oxygen atoms in total. The van der Waals surface area contributed by atoms with Crippen LogP contribution in [0.5, 0.6) is 0 Å². The van der Waals surface area contributed by atoms with Crippen molar-refractivity contribution in [1.82, 2.24) is 25.2 Å². The Balaban J connectivity index is 1.48. The van der Waals surface area contributed by atoms with E-state index in [0.717, 1.165) is 11.3 Å². The number of thioether (sulfide) groups is 1. The van der Waals surface area contributed by atoms with Crippen LogP contribution in [0.25, 0.3) is 17.1 Å². The molecular weight excluding hydrogens is 478 g/mol. The number of halogens is 1. The summed E-state index contributed by atoms with van der Waals surface area (Å²) in [6.07, 6.45) is 4.67. The Morgan fingerprint density at radius 3 is 2.65 bits per heavy atom. The van der Waals surface area contributed by atoms with Crippen molar-refractivity contribution in [3.63, 3.8) is 0 Å².